The summed E-state index contributed by atoms with van der Waals surface area (Å²) >= 11 is 0. The van der Waals surface area contributed by atoms with Crippen molar-refractivity contribution in [3.63, 3.8) is 0 Å². The molecule has 4 aliphatic carbocycles. The van der Waals surface area contributed by atoms with Gasteiger partial charge in [0.25, 0.3) is 5.91 Å². The number of aromatic hydroxyl groups is 1. The Labute approximate surface area is 252 Å². The van der Waals surface area contributed by atoms with Crippen LogP contribution in [0.4, 0.5) is 13.2 Å². The number of phenols is 1. The van der Waals surface area contributed by atoms with Crippen LogP contribution in [0.3, 0.4) is 0 Å². The van der Waals surface area contributed by atoms with Crippen molar-refractivity contribution >= 4 is 23.2 Å². The van der Waals surface area contributed by atoms with Gasteiger partial charge in [0.15, 0.2) is 11.4 Å². The summed E-state index contributed by atoms with van der Waals surface area (Å²) in [7, 11) is 4.62. The van der Waals surface area contributed by atoms with Crippen LogP contribution in [0.1, 0.15) is 60.8 Å². The van der Waals surface area contributed by atoms with Crippen molar-refractivity contribution < 1.29 is 48.0 Å². The van der Waals surface area contributed by atoms with E-state index in [1.165, 1.54) is 19.0 Å². The maximum atomic E-state index is 14.8. The van der Waals surface area contributed by atoms with Crippen LogP contribution in [0.5, 0.6) is 5.75 Å². The first-order valence-corrected chi connectivity index (χ1v) is 14.8. The molecule has 0 spiro atoms. The molecule has 1 amide bonds. The Morgan fingerprint density at radius 1 is 1.09 bits per heavy atom. The number of Topliss-reactive ketones (excluding diaryl/α,β-unsaturated/α-hetero) is 2. The monoisotopic (exact) mass is 621 g/mol. The highest BCUT2D eigenvalue weighted by molar-refractivity contribution is 6.24. The molecule has 4 aliphatic rings. The lowest BCUT2D eigenvalue weighted by atomic mass is 9.57. The first kappa shape index (κ1) is 32.0. The Bertz CT molecular complexity index is 1480. The van der Waals surface area contributed by atoms with Gasteiger partial charge in [-0.1, -0.05) is 19.3 Å². The number of ketones is 2. The molecule has 0 saturated heterocycles. The van der Waals surface area contributed by atoms with Crippen LogP contribution in [-0.4, -0.2) is 87.0 Å². The molecule has 5 rings (SSSR count). The number of alkyl halides is 3. The highest BCUT2D eigenvalue weighted by Crippen LogP contribution is 2.54. The molecule has 0 aliphatic heterocycles. The van der Waals surface area contributed by atoms with Crippen LogP contribution in [-0.2, 0) is 33.5 Å². The zero-order valence-electron chi connectivity index (χ0n) is 24.9. The van der Waals surface area contributed by atoms with Crippen molar-refractivity contribution in [2.24, 2.45) is 23.5 Å². The van der Waals surface area contributed by atoms with Gasteiger partial charge in [-0.15, -0.1) is 0 Å². The third kappa shape index (κ3) is 4.98. The zero-order chi connectivity index (χ0) is 32.5. The fraction of sp³-hybridized carbons (Fsp3) is 0.581. The van der Waals surface area contributed by atoms with Crippen LogP contribution in [0.25, 0.3) is 5.76 Å². The van der Waals surface area contributed by atoms with Gasteiger partial charge >= 0.3 is 6.18 Å². The fourth-order valence-corrected chi connectivity index (χ4v) is 8.03. The minimum atomic E-state index is -4.87. The number of fused-ring (bicyclic) bond motifs is 3. The second-order valence-corrected chi connectivity index (χ2v) is 12.9. The average molecular weight is 622 g/mol. The summed E-state index contributed by atoms with van der Waals surface area (Å²) in [5.74, 6) is -8.59. The summed E-state index contributed by atoms with van der Waals surface area (Å²) in [6.07, 6.45) is -0.310. The van der Waals surface area contributed by atoms with E-state index in [-0.39, 0.29) is 24.1 Å². The normalized spacial score (nSPS) is 28.0. The fourth-order valence-electron chi connectivity index (χ4n) is 8.03. The van der Waals surface area contributed by atoms with Crippen molar-refractivity contribution in [1.82, 2.24) is 9.80 Å². The Morgan fingerprint density at radius 2 is 1.73 bits per heavy atom. The van der Waals surface area contributed by atoms with E-state index in [2.05, 4.69) is 0 Å². The van der Waals surface area contributed by atoms with Crippen LogP contribution >= 0.6 is 0 Å². The molecular formula is C31H38F3N3O7. The van der Waals surface area contributed by atoms with Gasteiger partial charge in [0.2, 0.25) is 5.78 Å². The third-order valence-corrected chi connectivity index (χ3v) is 9.82. The number of rotatable bonds is 6. The smallest absolute Gasteiger partial charge is 0.417 e. The molecule has 0 radical (unpaired) electrons. The Balaban J connectivity index is 1.63. The molecule has 0 bridgehead atoms. The van der Waals surface area contributed by atoms with Crippen LogP contribution in [0, 0.1) is 17.8 Å². The number of halogens is 3. The molecule has 44 heavy (non-hydrogen) atoms. The number of nitrogens with zero attached hydrogens (tertiary/aromatic N) is 2. The van der Waals surface area contributed by atoms with Crippen LogP contribution in [0.15, 0.2) is 23.0 Å². The van der Waals surface area contributed by atoms with E-state index < -0.39 is 93.1 Å². The summed E-state index contributed by atoms with van der Waals surface area (Å²) < 4.78 is 44.4. The first-order chi connectivity index (χ1) is 20.5. The van der Waals surface area contributed by atoms with E-state index in [1.807, 2.05) is 0 Å². The number of hydrogen-bond donors (Lipinski definition) is 5. The first-order valence-electron chi connectivity index (χ1n) is 14.8. The molecular weight excluding hydrogens is 583 g/mol. The molecule has 0 aromatic heterocycles. The molecule has 6 N–H and O–H groups in total. The minimum absolute atomic E-state index is 0.110. The Morgan fingerprint density at radius 3 is 2.30 bits per heavy atom. The Hall–Kier alpha value is -3.42. The largest absolute Gasteiger partial charge is 0.508 e. The second-order valence-electron chi connectivity index (χ2n) is 12.9. The van der Waals surface area contributed by atoms with Crippen LogP contribution in [0.2, 0.25) is 0 Å². The van der Waals surface area contributed by atoms with Gasteiger partial charge < -0.3 is 31.1 Å². The van der Waals surface area contributed by atoms with E-state index in [0.717, 1.165) is 38.2 Å². The van der Waals surface area contributed by atoms with Gasteiger partial charge in [-0.05, 0) is 75.9 Å². The zero-order valence-corrected chi connectivity index (χ0v) is 24.9. The summed E-state index contributed by atoms with van der Waals surface area (Å²) in [5, 5.41) is 44.9. The third-order valence-electron chi connectivity index (χ3n) is 9.82. The predicted molar refractivity (Wildman–Crippen MR) is 152 cm³/mol. The minimum Gasteiger partial charge on any atom is -0.508 e. The number of carbonyl (C=O) groups is 3. The van der Waals surface area contributed by atoms with E-state index in [9.17, 15) is 48.0 Å². The lowest BCUT2D eigenvalue weighted by Gasteiger charge is -2.50. The summed E-state index contributed by atoms with van der Waals surface area (Å²) in [6, 6.07) is -0.382. The molecule has 0 heterocycles. The van der Waals surface area contributed by atoms with Gasteiger partial charge in [-0.2, -0.15) is 13.2 Å². The number of aliphatic hydroxyl groups is 3. The number of amides is 1. The second kappa shape index (κ2) is 11.2. The number of aliphatic hydroxyl groups excluding tert-OH is 2. The van der Waals surface area contributed by atoms with Crippen LogP contribution < -0.4 is 5.73 Å². The lowest BCUT2D eigenvalue weighted by molar-refractivity contribution is -0.153. The molecule has 13 heteroatoms. The van der Waals surface area contributed by atoms with Gasteiger partial charge in [-0.3, -0.25) is 19.3 Å². The van der Waals surface area contributed by atoms with E-state index in [1.54, 1.807) is 11.9 Å². The predicted octanol–water partition coefficient (Wildman–Crippen LogP) is 2.99. The molecule has 2 fully saturated rings. The number of phenolic OH excluding ortho intramolecular Hbond substituents is 1. The molecule has 240 valence electrons. The molecule has 10 nitrogen and oxygen atoms in total. The maximum Gasteiger partial charge on any atom is 0.417 e. The summed E-state index contributed by atoms with van der Waals surface area (Å²) in [4.78, 5) is 42.4. The van der Waals surface area contributed by atoms with E-state index in [0.29, 0.717) is 12.5 Å². The number of nitrogens with two attached hydrogens (primary N) is 1. The van der Waals surface area contributed by atoms with Crippen molar-refractivity contribution in [1.29, 1.82) is 0 Å². The molecule has 1 aromatic rings. The van der Waals surface area contributed by atoms with E-state index in [4.69, 9.17) is 5.73 Å². The van der Waals surface area contributed by atoms with Crippen molar-refractivity contribution in [3.05, 3.63) is 45.2 Å². The van der Waals surface area contributed by atoms with Gasteiger partial charge in [0, 0.05) is 24.6 Å². The van der Waals surface area contributed by atoms with Crippen molar-refractivity contribution in [2.45, 2.75) is 69.3 Å². The number of hydrogen-bond acceptors (Lipinski definition) is 9. The SMILES string of the molecule is CN(Cc1cc(O)c2c(c1C(F)(F)F)C[C@H]1C[C@H]3[C@H](N(C)C)C(=O)C(C(N)=O)=C(O)[C@@]3(O)C(=O)C1=C2O)CC1CCCCC1. The molecule has 2 saturated carbocycles. The highest BCUT2D eigenvalue weighted by Gasteiger charge is 2.64. The van der Waals surface area contributed by atoms with Crippen molar-refractivity contribution in [3.8, 4) is 5.75 Å². The standard InChI is InChI=1S/C31H38F3N3O7/c1-36(2)24-18-10-15-9-17-21(25(39)20(15)27(41)30(18,44)28(42)22(26(24)40)29(35)43)19(38)11-16(23(17)31(32,33)34)13-37(3)12-14-7-5-4-6-8-14/h11,14-15,18,24,38-39,42,44H,4-10,12-13H2,1-3H3,(H2,35,43)/t15-,18-,24-,30-/m0/s1. The highest BCUT2D eigenvalue weighted by atomic mass is 19.4. The number of likely N-dealkylation sites (N-methyl/N-ethyl adjacent to an activating group) is 1. The van der Waals surface area contributed by atoms with Gasteiger partial charge in [0.1, 0.15) is 22.8 Å². The maximum absolute atomic E-state index is 14.8. The summed E-state index contributed by atoms with van der Waals surface area (Å²) in [5.41, 5.74) is -1.16. The number of carbonyl (C=O) groups excluding carboxylic acids is 3. The average Bonchev–Trinajstić information content (AvgIpc) is 2.90. The summed E-state index contributed by atoms with van der Waals surface area (Å²) in [6.45, 7) is 0.480. The van der Waals surface area contributed by atoms with Gasteiger partial charge in [0.05, 0.1) is 17.2 Å². The molecule has 1 aromatic carbocycles. The Kier molecular flexibility index (Phi) is 8.13. The lowest BCUT2D eigenvalue weighted by Crippen LogP contribution is -2.65. The van der Waals surface area contributed by atoms with E-state index >= 15 is 0 Å². The topological polar surface area (TPSA) is 165 Å². The van der Waals surface area contributed by atoms with Gasteiger partial charge in [-0.25, -0.2) is 0 Å². The molecule has 0 unspecified atom stereocenters. The number of primary amides is 1. The molecule has 4 atom stereocenters. The quantitative estimate of drug-likeness (QED) is 0.301. The van der Waals surface area contributed by atoms with Crippen molar-refractivity contribution in [2.75, 3.05) is 27.7 Å². The number of benzene rings is 1.